The lowest BCUT2D eigenvalue weighted by Crippen LogP contribution is -2.32. The number of β-amino-alcohol motifs (C(OH)–C–C–N with tert-alkyl or cyclic N) is 1. The molecular weight excluding hydrogens is 566 g/mol. The molecule has 220 valence electrons. The number of likely N-dealkylation sites (tertiary alicyclic amines) is 1. The summed E-state index contributed by atoms with van der Waals surface area (Å²) in [5.41, 5.74) is 2.14. The third-order valence-corrected chi connectivity index (χ3v) is 8.52. The maximum atomic E-state index is 13.7. The molecular formula is C31H30F2N2O6S. The van der Waals surface area contributed by atoms with Crippen molar-refractivity contribution in [1.82, 2.24) is 4.90 Å². The molecule has 0 aliphatic carbocycles. The molecule has 1 fully saturated rings. The first-order chi connectivity index (χ1) is 20.0. The van der Waals surface area contributed by atoms with Crippen LogP contribution in [0.4, 0.5) is 14.5 Å². The first-order valence-corrected chi connectivity index (χ1v) is 15.4. The van der Waals surface area contributed by atoms with Crippen molar-refractivity contribution in [1.29, 1.82) is 0 Å². The number of hydrogen-bond donors (Lipinski definition) is 1. The highest BCUT2D eigenvalue weighted by Crippen LogP contribution is 2.42. The highest BCUT2D eigenvalue weighted by molar-refractivity contribution is 7.92. The topological polar surface area (TPSA) is 108 Å². The van der Waals surface area contributed by atoms with Crippen LogP contribution in [0.3, 0.4) is 0 Å². The molecule has 1 saturated heterocycles. The molecule has 1 amide bonds. The molecule has 8 nitrogen and oxygen atoms in total. The Kier molecular flexibility index (Phi) is 8.16. The molecule has 1 atom stereocenters. The SMILES string of the molecule is CCC(=O)c1c(-c2ccc(F)cc2)oc2cc(N(CCF)S(C)(=O)=O)c(-c3cccc(C(=O)N4CC[C@H](O)C4)c3)cc12. The van der Waals surface area contributed by atoms with Crippen molar-refractivity contribution in [3.63, 3.8) is 0 Å². The number of aliphatic hydroxyl groups excluding tert-OH is 1. The Morgan fingerprint density at radius 2 is 1.83 bits per heavy atom. The van der Waals surface area contributed by atoms with Gasteiger partial charge in [0, 0.05) is 47.7 Å². The summed E-state index contributed by atoms with van der Waals surface area (Å²) in [6, 6.07) is 15.1. The van der Waals surface area contributed by atoms with Crippen LogP contribution in [0.25, 0.3) is 33.4 Å². The lowest BCUT2D eigenvalue weighted by atomic mass is 9.95. The van der Waals surface area contributed by atoms with Crippen LogP contribution >= 0.6 is 0 Å². The summed E-state index contributed by atoms with van der Waals surface area (Å²) in [5, 5.41) is 10.3. The predicted octanol–water partition coefficient (Wildman–Crippen LogP) is 5.44. The molecule has 1 aliphatic heterocycles. The van der Waals surface area contributed by atoms with E-state index in [0.717, 1.165) is 10.6 Å². The van der Waals surface area contributed by atoms with Crippen molar-refractivity contribution < 1.29 is 36.3 Å². The lowest BCUT2D eigenvalue weighted by molar-refractivity contribution is 0.0765. The third kappa shape index (κ3) is 5.66. The largest absolute Gasteiger partial charge is 0.455 e. The van der Waals surface area contributed by atoms with Gasteiger partial charge in [0.15, 0.2) is 5.78 Å². The van der Waals surface area contributed by atoms with Crippen molar-refractivity contribution in [2.24, 2.45) is 0 Å². The second-order valence-electron chi connectivity index (χ2n) is 10.3. The minimum absolute atomic E-state index is 0.110. The number of halogens is 2. The Bertz CT molecular complexity index is 1770. The highest BCUT2D eigenvalue weighted by atomic mass is 32.2. The Morgan fingerprint density at radius 1 is 1.10 bits per heavy atom. The van der Waals surface area contributed by atoms with Crippen molar-refractivity contribution in [2.45, 2.75) is 25.9 Å². The van der Waals surface area contributed by atoms with Crippen LogP contribution in [0.1, 0.15) is 40.5 Å². The maximum Gasteiger partial charge on any atom is 0.253 e. The van der Waals surface area contributed by atoms with Gasteiger partial charge in [-0.1, -0.05) is 19.1 Å². The highest BCUT2D eigenvalue weighted by Gasteiger charge is 2.29. The minimum Gasteiger partial charge on any atom is -0.455 e. The number of anilines is 1. The van der Waals surface area contributed by atoms with Crippen LogP contribution in [0.2, 0.25) is 0 Å². The zero-order valence-electron chi connectivity index (χ0n) is 23.1. The van der Waals surface area contributed by atoms with E-state index in [0.29, 0.717) is 40.6 Å². The van der Waals surface area contributed by atoms with E-state index >= 15 is 0 Å². The fraction of sp³-hybridized carbons (Fsp3) is 0.290. The molecule has 0 radical (unpaired) electrons. The van der Waals surface area contributed by atoms with E-state index in [2.05, 4.69) is 0 Å². The first kappa shape index (κ1) is 29.4. The van der Waals surface area contributed by atoms with Gasteiger partial charge in [-0.05, 0) is 54.4 Å². The van der Waals surface area contributed by atoms with Crippen LogP contribution in [-0.2, 0) is 10.0 Å². The van der Waals surface area contributed by atoms with Gasteiger partial charge >= 0.3 is 0 Å². The predicted molar refractivity (Wildman–Crippen MR) is 156 cm³/mol. The van der Waals surface area contributed by atoms with E-state index in [9.17, 15) is 31.9 Å². The average Bonchev–Trinajstić information content (AvgIpc) is 3.57. The average molecular weight is 597 g/mol. The molecule has 2 heterocycles. The molecule has 1 aromatic heterocycles. The van der Waals surface area contributed by atoms with Gasteiger partial charge in [0.2, 0.25) is 10.0 Å². The van der Waals surface area contributed by atoms with Crippen LogP contribution in [0.15, 0.2) is 65.1 Å². The molecule has 5 rings (SSSR count). The van der Waals surface area contributed by atoms with Crippen LogP contribution in [0.5, 0.6) is 0 Å². The number of nitrogens with zero attached hydrogens (tertiary/aromatic N) is 2. The summed E-state index contributed by atoms with van der Waals surface area (Å²) in [6.07, 6.45) is 0.987. The maximum absolute atomic E-state index is 13.7. The fourth-order valence-electron chi connectivity index (χ4n) is 5.30. The van der Waals surface area contributed by atoms with Gasteiger partial charge < -0.3 is 14.4 Å². The molecule has 0 bridgehead atoms. The number of carbonyl (C=O) groups is 2. The van der Waals surface area contributed by atoms with Gasteiger partial charge in [-0.3, -0.25) is 13.9 Å². The number of rotatable bonds is 9. The molecule has 3 aromatic carbocycles. The monoisotopic (exact) mass is 596 g/mol. The second kappa shape index (κ2) is 11.7. The van der Waals surface area contributed by atoms with Crippen LogP contribution in [-0.4, -0.2) is 68.8 Å². The summed E-state index contributed by atoms with van der Waals surface area (Å²) >= 11 is 0. The van der Waals surface area contributed by atoms with E-state index in [1.165, 1.54) is 30.3 Å². The van der Waals surface area contributed by atoms with Gasteiger partial charge in [0.05, 0.1) is 30.2 Å². The number of benzene rings is 3. The standard InChI is InChI=1S/C31H30F2N2O6S/c1-3-27(37)29-25-16-24(20-5-4-6-21(15-20)31(38)34-13-11-23(36)18-34)26(35(14-12-32)42(2,39)40)17-28(25)41-30(29)19-7-9-22(33)10-8-19/h4-10,15-17,23,36H,3,11-14,18H2,1-2H3/t23-/m0/s1. The number of hydrogen-bond acceptors (Lipinski definition) is 6. The zero-order valence-corrected chi connectivity index (χ0v) is 24.0. The number of sulfonamides is 1. The van der Waals surface area contributed by atoms with E-state index < -0.39 is 35.2 Å². The van der Waals surface area contributed by atoms with Crippen molar-refractivity contribution in [2.75, 3.05) is 36.9 Å². The quantitative estimate of drug-likeness (QED) is 0.258. The molecule has 11 heteroatoms. The summed E-state index contributed by atoms with van der Waals surface area (Å²) in [6.45, 7) is 0.889. The smallest absolute Gasteiger partial charge is 0.253 e. The van der Waals surface area contributed by atoms with Gasteiger partial charge in [-0.25, -0.2) is 17.2 Å². The number of amides is 1. The van der Waals surface area contributed by atoms with E-state index in [-0.39, 0.29) is 47.3 Å². The van der Waals surface area contributed by atoms with E-state index in [1.54, 1.807) is 42.2 Å². The zero-order chi connectivity index (χ0) is 30.2. The Labute approximate surface area is 242 Å². The van der Waals surface area contributed by atoms with Crippen molar-refractivity contribution in [3.05, 3.63) is 77.6 Å². The Morgan fingerprint density at radius 3 is 2.45 bits per heavy atom. The number of furan rings is 1. The minimum atomic E-state index is -3.97. The first-order valence-electron chi connectivity index (χ1n) is 13.5. The fourth-order valence-corrected chi connectivity index (χ4v) is 6.21. The summed E-state index contributed by atoms with van der Waals surface area (Å²) < 4.78 is 60.1. The second-order valence-corrected chi connectivity index (χ2v) is 12.2. The molecule has 0 saturated carbocycles. The Hall–Kier alpha value is -4.09. The van der Waals surface area contributed by atoms with Crippen molar-refractivity contribution in [3.8, 4) is 22.5 Å². The van der Waals surface area contributed by atoms with E-state index in [1.807, 2.05) is 0 Å². The summed E-state index contributed by atoms with van der Waals surface area (Å²) in [4.78, 5) is 28.0. The van der Waals surface area contributed by atoms with E-state index in [4.69, 9.17) is 4.42 Å². The molecule has 1 aliphatic rings. The third-order valence-electron chi connectivity index (χ3n) is 7.34. The normalized spacial score (nSPS) is 15.4. The number of aliphatic hydroxyl groups is 1. The Balaban J connectivity index is 1.76. The molecule has 42 heavy (non-hydrogen) atoms. The number of Topliss-reactive ketones (excluding diaryl/α,β-unsaturated/α-hetero) is 1. The van der Waals surface area contributed by atoms with Gasteiger partial charge in [0.1, 0.15) is 23.8 Å². The number of fused-ring (bicyclic) bond motifs is 1. The number of ketones is 1. The van der Waals surface area contributed by atoms with Gasteiger partial charge in [-0.2, -0.15) is 0 Å². The van der Waals surface area contributed by atoms with Crippen molar-refractivity contribution >= 4 is 38.4 Å². The molecule has 0 unspecified atom stereocenters. The summed E-state index contributed by atoms with van der Waals surface area (Å²) in [7, 11) is -3.97. The lowest BCUT2D eigenvalue weighted by Gasteiger charge is -2.24. The molecule has 0 spiro atoms. The number of carbonyl (C=O) groups excluding carboxylic acids is 2. The van der Waals surface area contributed by atoms with Crippen LogP contribution < -0.4 is 4.31 Å². The van der Waals surface area contributed by atoms with Crippen LogP contribution in [0, 0.1) is 5.82 Å². The summed E-state index contributed by atoms with van der Waals surface area (Å²) in [5.74, 6) is -0.793. The molecule has 1 N–H and O–H groups in total. The molecule has 4 aromatic rings. The van der Waals surface area contributed by atoms with Gasteiger partial charge in [-0.15, -0.1) is 0 Å². The van der Waals surface area contributed by atoms with Gasteiger partial charge in [0.25, 0.3) is 5.91 Å². The number of alkyl halides is 1.